The van der Waals surface area contributed by atoms with E-state index in [1.54, 1.807) is 7.11 Å². The lowest BCUT2D eigenvalue weighted by Crippen LogP contribution is -2.45. The molecule has 1 aliphatic heterocycles. The van der Waals surface area contributed by atoms with Crippen molar-refractivity contribution in [1.29, 1.82) is 0 Å². The van der Waals surface area contributed by atoms with Gasteiger partial charge in [-0.05, 0) is 25.5 Å². The number of rotatable bonds is 4. The first kappa shape index (κ1) is 11.3. The Labute approximate surface area is 85.8 Å². The summed E-state index contributed by atoms with van der Waals surface area (Å²) in [7, 11) is 1.76. The SMILES string of the molecule is COCC(C)NC1CCCSC1C. The van der Waals surface area contributed by atoms with Gasteiger partial charge in [0.25, 0.3) is 0 Å². The molecule has 1 aliphatic rings. The van der Waals surface area contributed by atoms with Crippen LogP contribution in [0.1, 0.15) is 26.7 Å². The van der Waals surface area contributed by atoms with E-state index >= 15 is 0 Å². The second-order valence-electron chi connectivity index (χ2n) is 3.85. The Kier molecular flexibility index (Phi) is 5.14. The Bertz CT molecular complexity index is 143. The van der Waals surface area contributed by atoms with Gasteiger partial charge in [0.1, 0.15) is 0 Å². The predicted octanol–water partition coefficient (Wildman–Crippen LogP) is 1.90. The number of hydrogen-bond donors (Lipinski definition) is 1. The van der Waals surface area contributed by atoms with Gasteiger partial charge in [0.15, 0.2) is 0 Å². The van der Waals surface area contributed by atoms with Crippen LogP contribution >= 0.6 is 11.8 Å². The molecule has 0 amide bonds. The molecule has 0 aromatic heterocycles. The number of methoxy groups -OCH3 is 1. The molecule has 0 spiro atoms. The van der Waals surface area contributed by atoms with Gasteiger partial charge in [-0.15, -0.1) is 0 Å². The number of ether oxygens (including phenoxy) is 1. The second kappa shape index (κ2) is 5.89. The van der Waals surface area contributed by atoms with E-state index in [4.69, 9.17) is 4.74 Å². The Morgan fingerprint density at radius 1 is 1.62 bits per heavy atom. The van der Waals surface area contributed by atoms with E-state index in [0.717, 1.165) is 11.9 Å². The van der Waals surface area contributed by atoms with E-state index in [0.29, 0.717) is 12.1 Å². The van der Waals surface area contributed by atoms with Crippen molar-refractivity contribution in [2.24, 2.45) is 0 Å². The maximum absolute atomic E-state index is 5.11. The van der Waals surface area contributed by atoms with Crippen molar-refractivity contribution in [2.45, 2.75) is 44.0 Å². The number of nitrogens with one attached hydrogen (secondary N) is 1. The Hall–Kier alpha value is 0.270. The first-order valence-electron chi connectivity index (χ1n) is 5.10. The summed E-state index contributed by atoms with van der Waals surface area (Å²) in [5.74, 6) is 1.33. The lowest BCUT2D eigenvalue weighted by molar-refractivity contribution is 0.165. The summed E-state index contributed by atoms with van der Waals surface area (Å²) in [6, 6.07) is 1.17. The van der Waals surface area contributed by atoms with E-state index < -0.39 is 0 Å². The van der Waals surface area contributed by atoms with Gasteiger partial charge in [-0.25, -0.2) is 0 Å². The summed E-state index contributed by atoms with van der Waals surface area (Å²) in [4.78, 5) is 0. The van der Waals surface area contributed by atoms with Crippen LogP contribution in [-0.2, 0) is 4.74 Å². The molecule has 0 saturated carbocycles. The van der Waals surface area contributed by atoms with Crippen molar-refractivity contribution in [2.75, 3.05) is 19.5 Å². The summed E-state index contributed by atoms with van der Waals surface area (Å²) in [5.41, 5.74) is 0. The van der Waals surface area contributed by atoms with Crippen molar-refractivity contribution in [1.82, 2.24) is 5.32 Å². The molecule has 78 valence electrons. The number of hydrogen-bond acceptors (Lipinski definition) is 3. The van der Waals surface area contributed by atoms with E-state index in [-0.39, 0.29) is 0 Å². The number of thioether (sulfide) groups is 1. The van der Waals surface area contributed by atoms with Crippen molar-refractivity contribution in [3.05, 3.63) is 0 Å². The summed E-state index contributed by atoms with van der Waals surface area (Å²) in [6.45, 7) is 5.32. The van der Waals surface area contributed by atoms with Gasteiger partial charge < -0.3 is 10.1 Å². The van der Waals surface area contributed by atoms with E-state index in [1.165, 1.54) is 18.6 Å². The van der Waals surface area contributed by atoms with Crippen LogP contribution in [0.3, 0.4) is 0 Å². The quantitative estimate of drug-likeness (QED) is 0.754. The summed E-state index contributed by atoms with van der Waals surface area (Å²) in [6.07, 6.45) is 2.68. The monoisotopic (exact) mass is 203 g/mol. The molecule has 3 heteroatoms. The topological polar surface area (TPSA) is 21.3 Å². The van der Waals surface area contributed by atoms with E-state index in [9.17, 15) is 0 Å². The fourth-order valence-corrected chi connectivity index (χ4v) is 2.96. The van der Waals surface area contributed by atoms with Crippen molar-refractivity contribution in [3.8, 4) is 0 Å². The second-order valence-corrected chi connectivity index (χ2v) is 5.33. The van der Waals surface area contributed by atoms with Crippen LogP contribution in [0.15, 0.2) is 0 Å². The molecule has 2 nitrogen and oxygen atoms in total. The zero-order chi connectivity index (χ0) is 9.68. The molecule has 1 rings (SSSR count). The summed E-state index contributed by atoms with van der Waals surface area (Å²) >= 11 is 2.08. The van der Waals surface area contributed by atoms with Crippen LogP contribution in [0.5, 0.6) is 0 Å². The molecule has 0 aromatic rings. The molecule has 3 atom stereocenters. The normalized spacial score (nSPS) is 31.6. The molecule has 3 unspecified atom stereocenters. The smallest absolute Gasteiger partial charge is 0.0613 e. The van der Waals surface area contributed by atoms with Gasteiger partial charge >= 0.3 is 0 Å². The molecule has 0 bridgehead atoms. The van der Waals surface area contributed by atoms with Gasteiger partial charge in [-0.3, -0.25) is 0 Å². The maximum Gasteiger partial charge on any atom is 0.0613 e. The first-order valence-corrected chi connectivity index (χ1v) is 6.15. The minimum Gasteiger partial charge on any atom is -0.383 e. The average molecular weight is 203 g/mol. The predicted molar refractivity (Wildman–Crippen MR) is 59.4 cm³/mol. The van der Waals surface area contributed by atoms with Crippen LogP contribution in [-0.4, -0.2) is 36.8 Å². The van der Waals surface area contributed by atoms with Crippen LogP contribution in [0.25, 0.3) is 0 Å². The zero-order valence-corrected chi connectivity index (χ0v) is 9.69. The lowest BCUT2D eigenvalue weighted by Gasteiger charge is -2.31. The van der Waals surface area contributed by atoms with Crippen molar-refractivity contribution < 1.29 is 4.74 Å². The molecule has 1 saturated heterocycles. The highest BCUT2D eigenvalue weighted by Crippen LogP contribution is 2.25. The van der Waals surface area contributed by atoms with E-state index in [1.807, 2.05) is 0 Å². The first-order chi connectivity index (χ1) is 6.24. The largest absolute Gasteiger partial charge is 0.383 e. The van der Waals surface area contributed by atoms with Gasteiger partial charge in [0.05, 0.1) is 6.61 Å². The fourth-order valence-electron chi connectivity index (χ4n) is 1.81. The third-order valence-corrected chi connectivity index (χ3v) is 3.90. The molecule has 0 aliphatic carbocycles. The highest BCUT2D eigenvalue weighted by molar-refractivity contribution is 7.99. The van der Waals surface area contributed by atoms with Gasteiger partial charge in [-0.1, -0.05) is 6.92 Å². The highest BCUT2D eigenvalue weighted by Gasteiger charge is 2.22. The van der Waals surface area contributed by atoms with Crippen LogP contribution in [0.2, 0.25) is 0 Å². The van der Waals surface area contributed by atoms with Crippen LogP contribution < -0.4 is 5.32 Å². The van der Waals surface area contributed by atoms with E-state index in [2.05, 4.69) is 30.9 Å². The van der Waals surface area contributed by atoms with Crippen molar-refractivity contribution >= 4 is 11.8 Å². The molecule has 1 fully saturated rings. The minimum absolute atomic E-state index is 0.483. The summed E-state index contributed by atoms with van der Waals surface area (Å²) < 4.78 is 5.11. The van der Waals surface area contributed by atoms with Gasteiger partial charge in [-0.2, -0.15) is 11.8 Å². The standard InChI is InChI=1S/C10H21NOS/c1-8(7-12-3)11-10-5-4-6-13-9(10)2/h8-11H,4-7H2,1-3H3. The maximum atomic E-state index is 5.11. The summed E-state index contributed by atoms with van der Waals surface area (Å²) in [5, 5.41) is 4.38. The molecule has 0 aromatic carbocycles. The molecule has 1 N–H and O–H groups in total. The minimum atomic E-state index is 0.483. The molecule has 13 heavy (non-hydrogen) atoms. The average Bonchev–Trinajstić information content (AvgIpc) is 2.09. The van der Waals surface area contributed by atoms with Crippen molar-refractivity contribution in [3.63, 3.8) is 0 Å². The van der Waals surface area contributed by atoms with Crippen LogP contribution in [0, 0.1) is 0 Å². The third-order valence-electron chi connectivity index (χ3n) is 2.52. The van der Waals surface area contributed by atoms with Gasteiger partial charge in [0.2, 0.25) is 0 Å². The Morgan fingerprint density at radius 3 is 3.00 bits per heavy atom. The molecule has 1 heterocycles. The molecule has 0 radical (unpaired) electrons. The highest BCUT2D eigenvalue weighted by atomic mass is 32.2. The third kappa shape index (κ3) is 3.88. The van der Waals surface area contributed by atoms with Crippen LogP contribution in [0.4, 0.5) is 0 Å². The van der Waals surface area contributed by atoms with Gasteiger partial charge in [0, 0.05) is 24.4 Å². The zero-order valence-electron chi connectivity index (χ0n) is 8.88. The Balaban J connectivity index is 2.25. The fraction of sp³-hybridized carbons (Fsp3) is 1.00. The lowest BCUT2D eigenvalue weighted by atomic mass is 10.1. The Morgan fingerprint density at radius 2 is 2.38 bits per heavy atom. The molecular formula is C10H21NOS. The molecular weight excluding hydrogens is 182 g/mol.